The molecule has 2 rings (SSSR count). The van der Waals surface area contributed by atoms with Gasteiger partial charge in [0.15, 0.2) is 11.5 Å². The maximum Gasteiger partial charge on any atom is 0.161 e. The van der Waals surface area contributed by atoms with Gasteiger partial charge in [-0.3, -0.25) is 0 Å². The van der Waals surface area contributed by atoms with Gasteiger partial charge in [-0.25, -0.2) is 4.68 Å². The Kier molecular flexibility index (Phi) is 2.81. The summed E-state index contributed by atoms with van der Waals surface area (Å²) in [4.78, 5) is 0. The number of phenolic OH excluding ortho intramolecular Hbond substituents is 1. The van der Waals surface area contributed by atoms with E-state index in [0.29, 0.717) is 5.75 Å². The molecule has 0 amide bonds. The molecule has 0 bridgehead atoms. The van der Waals surface area contributed by atoms with Gasteiger partial charge in [-0.05, 0) is 23.8 Å². The number of hydrogen-bond acceptors (Lipinski definition) is 5. The second-order valence-corrected chi connectivity index (χ2v) is 3.02. The number of methoxy groups -OCH3 is 1. The fraction of sp³-hybridized carbons (Fsp3) is 0.100. The third-order valence-electron chi connectivity index (χ3n) is 1.95. The van der Waals surface area contributed by atoms with Gasteiger partial charge in [0.2, 0.25) is 0 Å². The Balaban J connectivity index is 2.22. The zero-order chi connectivity index (χ0) is 11.4. The molecule has 0 radical (unpaired) electrons. The summed E-state index contributed by atoms with van der Waals surface area (Å²) in [6, 6.07) is 4.96. The van der Waals surface area contributed by atoms with Gasteiger partial charge in [0.1, 0.15) is 12.7 Å². The van der Waals surface area contributed by atoms with E-state index >= 15 is 0 Å². The number of benzene rings is 1. The molecule has 1 N–H and O–H groups in total. The van der Waals surface area contributed by atoms with E-state index in [1.807, 2.05) is 0 Å². The highest BCUT2D eigenvalue weighted by atomic mass is 16.5. The summed E-state index contributed by atoms with van der Waals surface area (Å²) in [5, 5.41) is 20.7. The number of hydrogen-bond donors (Lipinski definition) is 1. The molecule has 16 heavy (non-hydrogen) atoms. The number of aromatic hydroxyl groups is 1. The van der Waals surface area contributed by atoms with Crippen molar-refractivity contribution in [3.8, 4) is 11.5 Å². The lowest BCUT2D eigenvalue weighted by molar-refractivity contribution is 0.373. The quantitative estimate of drug-likeness (QED) is 0.776. The van der Waals surface area contributed by atoms with Crippen LogP contribution in [0.1, 0.15) is 5.56 Å². The summed E-state index contributed by atoms with van der Waals surface area (Å²) in [5.41, 5.74) is 0.809. The molecule has 1 heterocycles. The van der Waals surface area contributed by atoms with E-state index < -0.39 is 0 Å². The van der Waals surface area contributed by atoms with Crippen molar-refractivity contribution in [1.82, 2.24) is 14.9 Å². The number of phenols is 1. The Labute approximate surface area is 91.8 Å². The van der Waals surface area contributed by atoms with Crippen LogP contribution in [0.3, 0.4) is 0 Å². The van der Waals surface area contributed by atoms with E-state index in [1.165, 1.54) is 24.4 Å². The predicted molar refractivity (Wildman–Crippen MR) is 57.7 cm³/mol. The van der Waals surface area contributed by atoms with Crippen molar-refractivity contribution in [1.29, 1.82) is 0 Å². The van der Waals surface area contributed by atoms with Gasteiger partial charge < -0.3 is 9.84 Å². The first-order chi connectivity index (χ1) is 7.79. The Bertz CT molecular complexity index is 494. The lowest BCUT2D eigenvalue weighted by atomic mass is 10.2. The van der Waals surface area contributed by atoms with E-state index in [1.54, 1.807) is 24.4 Å². The first kappa shape index (κ1) is 10.2. The molecule has 0 aliphatic rings. The Morgan fingerprint density at radius 3 is 2.81 bits per heavy atom. The molecule has 0 saturated carbocycles. The molecule has 1 aromatic carbocycles. The van der Waals surface area contributed by atoms with E-state index in [2.05, 4.69) is 15.3 Å². The van der Waals surface area contributed by atoms with Crippen LogP contribution in [-0.4, -0.2) is 33.3 Å². The largest absolute Gasteiger partial charge is 0.504 e. The van der Waals surface area contributed by atoms with Gasteiger partial charge in [0, 0.05) is 0 Å². The lowest BCUT2D eigenvalue weighted by Gasteiger charge is -2.03. The van der Waals surface area contributed by atoms with Crippen molar-refractivity contribution in [2.24, 2.45) is 5.10 Å². The van der Waals surface area contributed by atoms with Crippen molar-refractivity contribution in [3.63, 3.8) is 0 Å². The topological polar surface area (TPSA) is 72.5 Å². The van der Waals surface area contributed by atoms with Crippen molar-refractivity contribution in [3.05, 3.63) is 36.4 Å². The van der Waals surface area contributed by atoms with E-state index in [9.17, 15) is 5.11 Å². The number of nitrogens with zero attached hydrogens (tertiary/aromatic N) is 4. The molecule has 6 heteroatoms. The molecule has 2 aromatic rings. The van der Waals surface area contributed by atoms with Gasteiger partial charge in [0.05, 0.1) is 13.3 Å². The smallest absolute Gasteiger partial charge is 0.161 e. The van der Waals surface area contributed by atoms with E-state index in [-0.39, 0.29) is 5.75 Å². The molecule has 0 unspecified atom stereocenters. The molecule has 82 valence electrons. The normalized spacial score (nSPS) is 10.8. The minimum atomic E-state index is 0.101. The van der Waals surface area contributed by atoms with E-state index in [4.69, 9.17) is 4.74 Å². The van der Waals surface area contributed by atoms with Crippen LogP contribution < -0.4 is 4.74 Å². The zero-order valence-corrected chi connectivity index (χ0v) is 8.61. The van der Waals surface area contributed by atoms with Gasteiger partial charge in [-0.1, -0.05) is 0 Å². The predicted octanol–water partition coefficient (Wildman–Crippen LogP) is 0.875. The summed E-state index contributed by atoms with van der Waals surface area (Å²) in [6.07, 6.45) is 4.58. The summed E-state index contributed by atoms with van der Waals surface area (Å²) in [6.45, 7) is 0. The van der Waals surface area contributed by atoms with Crippen LogP contribution in [-0.2, 0) is 0 Å². The summed E-state index contributed by atoms with van der Waals surface area (Å²) in [7, 11) is 1.50. The molecular formula is C10H10N4O2. The molecule has 0 aliphatic heterocycles. The molecule has 0 fully saturated rings. The Hall–Kier alpha value is -2.37. The van der Waals surface area contributed by atoms with Gasteiger partial charge in [0.25, 0.3) is 0 Å². The minimum absolute atomic E-state index is 0.101. The van der Waals surface area contributed by atoms with Crippen LogP contribution in [0, 0.1) is 0 Å². The summed E-state index contributed by atoms with van der Waals surface area (Å²) in [5.74, 6) is 0.511. The number of aromatic nitrogens is 3. The fourth-order valence-corrected chi connectivity index (χ4v) is 1.16. The van der Waals surface area contributed by atoms with Crippen molar-refractivity contribution < 1.29 is 9.84 Å². The molecule has 0 aliphatic carbocycles. The molecule has 0 spiro atoms. The molecule has 6 nitrogen and oxygen atoms in total. The summed E-state index contributed by atoms with van der Waals surface area (Å²) >= 11 is 0. The minimum Gasteiger partial charge on any atom is -0.504 e. The van der Waals surface area contributed by atoms with Crippen molar-refractivity contribution in [2.75, 3.05) is 7.11 Å². The van der Waals surface area contributed by atoms with Gasteiger partial charge >= 0.3 is 0 Å². The number of ether oxygens (including phenoxy) is 1. The van der Waals surface area contributed by atoms with E-state index in [0.717, 1.165) is 5.56 Å². The monoisotopic (exact) mass is 218 g/mol. The van der Waals surface area contributed by atoms with Crippen molar-refractivity contribution in [2.45, 2.75) is 0 Å². The SMILES string of the molecule is COc1cc(/C=N\n2cnnc2)ccc1O. The van der Waals surface area contributed by atoms with Crippen LogP contribution in [0.5, 0.6) is 11.5 Å². The average Bonchev–Trinajstić information content (AvgIpc) is 2.81. The Morgan fingerprint density at radius 2 is 2.12 bits per heavy atom. The maximum absolute atomic E-state index is 9.39. The first-order valence-electron chi connectivity index (χ1n) is 4.55. The van der Waals surface area contributed by atoms with Crippen LogP contribution in [0.25, 0.3) is 0 Å². The van der Waals surface area contributed by atoms with Gasteiger partial charge in [-0.2, -0.15) is 5.10 Å². The molecule has 0 saturated heterocycles. The summed E-state index contributed by atoms with van der Waals surface area (Å²) < 4.78 is 6.45. The third kappa shape index (κ3) is 2.17. The van der Waals surface area contributed by atoms with Crippen LogP contribution in [0.15, 0.2) is 36.0 Å². The zero-order valence-electron chi connectivity index (χ0n) is 8.61. The van der Waals surface area contributed by atoms with Crippen LogP contribution in [0.2, 0.25) is 0 Å². The van der Waals surface area contributed by atoms with Crippen molar-refractivity contribution >= 4 is 6.21 Å². The third-order valence-corrected chi connectivity index (χ3v) is 1.95. The maximum atomic E-state index is 9.39. The highest BCUT2D eigenvalue weighted by Crippen LogP contribution is 2.25. The number of rotatable bonds is 3. The average molecular weight is 218 g/mol. The second-order valence-electron chi connectivity index (χ2n) is 3.02. The highest BCUT2D eigenvalue weighted by Gasteiger charge is 2.00. The second kappa shape index (κ2) is 4.43. The first-order valence-corrected chi connectivity index (χ1v) is 4.55. The molecular weight excluding hydrogens is 208 g/mol. The molecule has 0 atom stereocenters. The molecule has 1 aromatic heterocycles. The fourth-order valence-electron chi connectivity index (χ4n) is 1.16. The highest BCUT2D eigenvalue weighted by molar-refractivity contribution is 5.80. The Morgan fingerprint density at radius 1 is 1.38 bits per heavy atom. The standard InChI is InChI=1S/C10H10N4O2/c1-16-10-4-8(2-3-9(10)15)5-13-14-6-11-12-7-14/h2-7,15H,1H3/b13-5-. The lowest BCUT2D eigenvalue weighted by Crippen LogP contribution is -1.89. The van der Waals surface area contributed by atoms with Gasteiger partial charge in [-0.15, -0.1) is 10.2 Å². The van der Waals surface area contributed by atoms with Crippen LogP contribution >= 0.6 is 0 Å². The van der Waals surface area contributed by atoms with Crippen LogP contribution in [0.4, 0.5) is 0 Å².